The highest BCUT2D eigenvalue weighted by atomic mass is 16.5. The molecule has 3 aromatic carbocycles. The van der Waals surface area contributed by atoms with E-state index in [1.54, 1.807) is 7.11 Å². The van der Waals surface area contributed by atoms with Gasteiger partial charge >= 0.3 is 0 Å². The molecule has 0 saturated carbocycles. The Kier molecular flexibility index (Phi) is 8.93. The second kappa shape index (κ2) is 12.3. The Morgan fingerprint density at radius 1 is 0.917 bits per heavy atom. The van der Waals surface area contributed by atoms with Crippen molar-refractivity contribution < 1.29 is 9.84 Å². The number of likely N-dealkylation sites (N-methyl/N-ethyl adjacent to an activating group) is 1. The van der Waals surface area contributed by atoms with Crippen LogP contribution in [0.25, 0.3) is 0 Å². The molecule has 0 heterocycles. The Balaban J connectivity index is 1.52. The second-order valence-corrected chi connectivity index (χ2v) is 10.2. The zero-order chi connectivity index (χ0) is 25.5. The average molecular weight is 487 g/mol. The van der Waals surface area contributed by atoms with E-state index in [1.807, 2.05) is 12.1 Å². The molecule has 3 aromatic rings. The lowest BCUT2D eigenvalue weighted by molar-refractivity contribution is 0.339. The van der Waals surface area contributed by atoms with Crippen molar-refractivity contribution in [2.24, 2.45) is 0 Å². The van der Waals surface area contributed by atoms with E-state index in [1.165, 1.54) is 39.9 Å². The maximum Gasteiger partial charge on any atom is 0.120 e. The van der Waals surface area contributed by atoms with Gasteiger partial charge in [-0.2, -0.15) is 0 Å². The summed E-state index contributed by atoms with van der Waals surface area (Å²) in [5, 5.41) is 9.89. The summed E-state index contributed by atoms with van der Waals surface area (Å²) in [5.74, 6) is 1.73. The van der Waals surface area contributed by atoms with Crippen molar-refractivity contribution in [2.75, 3.05) is 38.7 Å². The van der Waals surface area contributed by atoms with Gasteiger partial charge in [0.1, 0.15) is 11.5 Å². The molecule has 0 aromatic heterocycles. The van der Waals surface area contributed by atoms with Crippen LogP contribution in [-0.4, -0.2) is 43.8 Å². The molecule has 4 heteroatoms. The van der Waals surface area contributed by atoms with Crippen molar-refractivity contribution in [3.05, 3.63) is 88.5 Å². The van der Waals surface area contributed by atoms with E-state index in [-0.39, 0.29) is 0 Å². The van der Waals surface area contributed by atoms with Crippen molar-refractivity contribution in [2.45, 2.75) is 58.4 Å². The van der Waals surface area contributed by atoms with Crippen molar-refractivity contribution in [3.63, 3.8) is 0 Å². The molecule has 1 N–H and O–H groups in total. The first kappa shape index (κ1) is 26.1. The predicted molar refractivity (Wildman–Crippen MR) is 151 cm³/mol. The molecular formula is C32H42N2O2. The number of aromatic hydroxyl groups is 1. The van der Waals surface area contributed by atoms with Crippen LogP contribution in [-0.2, 0) is 25.8 Å². The first-order valence-electron chi connectivity index (χ1n) is 13.5. The molecule has 36 heavy (non-hydrogen) atoms. The van der Waals surface area contributed by atoms with Gasteiger partial charge in [0.05, 0.1) is 7.11 Å². The number of ether oxygens (including phenoxy) is 1. The monoisotopic (exact) mass is 486 g/mol. The average Bonchev–Trinajstić information content (AvgIpc) is 2.90. The third kappa shape index (κ3) is 6.41. The van der Waals surface area contributed by atoms with Crippen molar-refractivity contribution in [3.8, 4) is 11.5 Å². The highest BCUT2D eigenvalue weighted by molar-refractivity contribution is 5.60. The van der Waals surface area contributed by atoms with Crippen LogP contribution >= 0.6 is 0 Å². The Morgan fingerprint density at radius 3 is 2.42 bits per heavy atom. The number of nitrogens with zero attached hydrogens (tertiary/aromatic N) is 2. The molecule has 0 radical (unpaired) electrons. The minimum Gasteiger partial charge on any atom is -0.508 e. The molecule has 1 aliphatic rings. The Morgan fingerprint density at radius 2 is 1.69 bits per heavy atom. The van der Waals surface area contributed by atoms with Gasteiger partial charge < -0.3 is 19.6 Å². The first-order valence-corrected chi connectivity index (χ1v) is 13.5. The summed E-state index contributed by atoms with van der Waals surface area (Å²) in [6.07, 6.45) is 5.39. The molecule has 0 fully saturated rings. The van der Waals surface area contributed by atoms with E-state index >= 15 is 0 Å². The van der Waals surface area contributed by atoms with Gasteiger partial charge in [-0.25, -0.2) is 0 Å². The lowest BCUT2D eigenvalue weighted by atomic mass is 9.79. The zero-order valence-corrected chi connectivity index (χ0v) is 22.5. The van der Waals surface area contributed by atoms with E-state index in [2.05, 4.69) is 79.2 Å². The highest BCUT2D eigenvalue weighted by Crippen LogP contribution is 2.40. The summed E-state index contributed by atoms with van der Waals surface area (Å²) >= 11 is 0. The minimum atomic E-state index is 0.369. The molecule has 0 aliphatic heterocycles. The normalized spacial score (nSPS) is 15.1. The fourth-order valence-corrected chi connectivity index (χ4v) is 5.49. The van der Waals surface area contributed by atoms with Crippen molar-refractivity contribution >= 4 is 5.69 Å². The SMILES string of the molecule is CCCN(C)CCc1ccc(CN(CC)c2cc(OC)ccc2C2CCc3cc(O)ccc3C2)cc1. The lowest BCUT2D eigenvalue weighted by Gasteiger charge is -2.32. The number of anilines is 1. The first-order chi connectivity index (χ1) is 17.5. The molecule has 1 atom stereocenters. The van der Waals surface area contributed by atoms with Crippen molar-refractivity contribution in [1.82, 2.24) is 4.90 Å². The van der Waals surface area contributed by atoms with E-state index in [0.717, 1.165) is 57.6 Å². The molecular weight excluding hydrogens is 444 g/mol. The third-order valence-electron chi connectivity index (χ3n) is 7.60. The third-order valence-corrected chi connectivity index (χ3v) is 7.60. The topological polar surface area (TPSA) is 35.9 Å². The second-order valence-electron chi connectivity index (χ2n) is 10.2. The van der Waals surface area contributed by atoms with Gasteiger partial charge in [0, 0.05) is 31.4 Å². The van der Waals surface area contributed by atoms with Crippen LogP contribution in [0.3, 0.4) is 0 Å². The van der Waals surface area contributed by atoms with Crippen LogP contribution in [0.15, 0.2) is 60.7 Å². The molecule has 4 nitrogen and oxygen atoms in total. The number of phenols is 1. The van der Waals surface area contributed by atoms with E-state index in [4.69, 9.17) is 4.74 Å². The van der Waals surface area contributed by atoms with Gasteiger partial charge in [0.2, 0.25) is 0 Å². The number of aryl methyl sites for hydroxylation is 1. The van der Waals surface area contributed by atoms with Gasteiger partial charge in [-0.05, 0) is 105 Å². The maximum atomic E-state index is 9.89. The van der Waals surface area contributed by atoms with Gasteiger partial charge in [-0.15, -0.1) is 0 Å². The molecule has 1 aliphatic carbocycles. The molecule has 192 valence electrons. The number of methoxy groups -OCH3 is 1. The van der Waals surface area contributed by atoms with Gasteiger partial charge in [0.15, 0.2) is 0 Å². The summed E-state index contributed by atoms with van der Waals surface area (Å²) in [5.41, 5.74) is 8.05. The van der Waals surface area contributed by atoms with E-state index in [0.29, 0.717) is 11.7 Å². The fraction of sp³-hybridized carbons (Fsp3) is 0.438. The summed E-state index contributed by atoms with van der Waals surface area (Å²) in [4.78, 5) is 4.89. The van der Waals surface area contributed by atoms with Crippen LogP contribution in [0.1, 0.15) is 60.4 Å². The minimum absolute atomic E-state index is 0.369. The number of benzene rings is 3. The molecule has 0 bridgehead atoms. The Labute approximate surface area is 217 Å². The van der Waals surface area contributed by atoms with Crippen LogP contribution in [0.2, 0.25) is 0 Å². The molecule has 4 rings (SSSR count). The Hall–Kier alpha value is -2.98. The lowest BCUT2D eigenvalue weighted by Crippen LogP contribution is -2.25. The van der Waals surface area contributed by atoms with Crippen LogP contribution in [0.4, 0.5) is 5.69 Å². The number of hydrogen-bond donors (Lipinski definition) is 1. The number of rotatable bonds is 11. The summed E-state index contributed by atoms with van der Waals surface area (Å²) in [6.45, 7) is 8.54. The summed E-state index contributed by atoms with van der Waals surface area (Å²) in [7, 11) is 3.95. The summed E-state index contributed by atoms with van der Waals surface area (Å²) < 4.78 is 5.63. The summed E-state index contributed by atoms with van der Waals surface area (Å²) in [6, 6.07) is 21.6. The van der Waals surface area contributed by atoms with Crippen molar-refractivity contribution in [1.29, 1.82) is 0 Å². The smallest absolute Gasteiger partial charge is 0.120 e. The molecule has 0 saturated heterocycles. The standard InChI is InChI=1S/C32H42N2O2/c1-5-18-33(3)19-17-24-7-9-25(10-8-24)23-34(6-2)32-22-30(36-4)15-16-31(32)28-12-11-27-21-29(35)14-13-26(27)20-28/h7-10,13-16,21-22,28,35H,5-6,11-12,17-20,23H2,1-4H3. The van der Waals surface area contributed by atoms with E-state index < -0.39 is 0 Å². The van der Waals surface area contributed by atoms with Gasteiger partial charge in [-0.3, -0.25) is 0 Å². The van der Waals surface area contributed by atoms with Crippen LogP contribution in [0, 0.1) is 0 Å². The maximum absolute atomic E-state index is 9.89. The molecule has 1 unspecified atom stereocenters. The number of hydrogen-bond acceptors (Lipinski definition) is 4. The largest absolute Gasteiger partial charge is 0.508 e. The number of phenolic OH excluding ortho intramolecular Hbond substituents is 1. The van der Waals surface area contributed by atoms with Gasteiger partial charge in [0.25, 0.3) is 0 Å². The van der Waals surface area contributed by atoms with E-state index in [9.17, 15) is 5.11 Å². The quantitative estimate of drug-likeness (QED) is 0.332. The highest BCUT2D eigenvalue weighted by Gasteiger charge is 2.24. The molecule has 0 spiro atoms. The molecule has 0 amide bonds. The number of fused-ring (bicyclic) bond motifs is 1. The Bertz CT molecular complexity index is 1130. The van der Waals surface area contributed by atoms with Gasteiger partial charge in [-0.1, -0.05) is 43.3 Å². The fourth-order valence-electron chi connectivity index (χ4n) is 5.49. The van der Waals surface area contributed by atoms with Crippen LogP contribution in [0.5, 0.6) is 11.5 Å². The zero-order valence-electron chi connectivity index (χ0n) is 22.5. The van der Waals surface area contributed by atoms with Crippen LogP contribution < -0.4 is 9.64 Å². The predicted octanol–water partition coefficient (Wildman–Crippen LogP) is 6.58.